The quantitative estimate of drug-likeness (QED) is 0.912. The van der Waals surface area contributed by atoms with Crippen molar-refractivity contribution < 1.29 is 9.59 Å². The van der Waals surface area contributed by atoms with Crippen molar-refractivity contribution in [3.8, 4) is 0 Å². The SMILES string of the molecule is O=C(NCC1CCN(C(=O)c2ccncc2)CC1)C1CC1. The standard InChI is InChI=1S/C16H21N3O2/c20-15(13-1-2-13)18-11-12-5-9-19(10-6-12)16(21)14-3-7-17-8-4-14/h3-4,7-8,12-13H,1-2,5-6,9-11H2,(H,18,20). The predicted molar refractivity (Wildman–Crippen MR) is 78.6 cm³/mol. The Labute approximate surface area is 124 Å². The smallest absolute Gasteiger partial charge is 0.253 e. The molecule has 1 aliphatic heterocycles. The second kappa shape index (κ2) is 6.24. The van der Waals surface area contributed by atoms with Gasteiger partial charge in [-0.2, -0.15) is 0 Å². The molecule has 2 aliphatic rings. The van der Waals surface area contributed by atoms with E-state index in [1.807, 2.05) is 4.90 Å². The third-order valence-electron chi connectivity index (χ3n) is 4.34. The van der Waals surface area contributed by atoms with E-state index in [4.69, 9.17) is 0 Å². The molecule has 1 aliphatic carbocycles. The average molecular weight is 287 g/mol. The first-order valence-electron chi connectivity index (χ1n) is 7.71. The molecule has 0 radical (unpaired) electrons. The molecule has 5 heteroatoms. The lowest BCUT2D eigenvalue weighted by molar-refractivity contribution is -0.122. The fraction of sp³-hybridized carbons (Fsp3) is 0.562. The van der Waals surface area contributed by atoms with Crippen molar-refractivity contribution in [1.82, 2.24) is 15.2 Å². The van der Waals surface area contributed by atoms with Crippen LogP contribution in [-0.2, 0) is 4.79 Å². The molecule has 2 heterocycles. The van der Waals surface area contributed by atoms with Gasteiger partial charge in [0.1, 0.15) is 0 Å². The number of carbonyl (C=O) groups excluding carboxylic acids is 2. The summed E-state index contributed by atoms with van der Waals surface area (Å²) in [5, 5.41) is 3.04. The predicted octanol–water partition coefficient (Wildman–Crippen LogP) is 1.46. The number of amides is 2. The molecule has 1 saturated carbocycles. The van der Waals surface area contributed by atoms with Crippen molar-refractivity contribution >= 4 is 11.8 Å². The number of rotatable bonds is 4. The molecule has 1 aromatic heterocycles. The summed E-state index contributed by atoms with van der Waals surface area (Å²) in [4.78, 5) is 29.8. The van der Waals surface area contributed by atoms with Gasteiger partial charge in [-0.05, 0) is 43.7 Å². The van der Waals surface area contributed by atoms with Crippen molar-refractivity contribution in [2.75, 3.05) is 19.6 Å². The van der Waals surface area contributed by atoms with Crippen LogP contribution in [0.15, 0.2) is 24.5 Å². The molecule has 21 heavy (non-hydrogen) atoms. The lowest BCUT2D eigenvalue weighted by Crippen LogP contribution is -2.41. The number of hydrogen-bond donors (Lipinski definition) is 1. The Kier molecular flexibility index (Phi) is 4.18. The van der Waals surface area contributed by atoms with Crippen molar-refractivity contribution in [2.24, 2.45) is 11.8 Å². The third kappa shape index (κ3) is 3.60. The number of carbonyl (C=O) groups is 2. The number of nitrogens with zero attached hydrogens (tertiary/aromatic N) is 2. The van der Waals surface area contributed by atoms with E-state index in [1.54, 1.807) is 24.5 Å². The number of aromatic nitrogens is 1. The lowest BCUT2D eigenvalue weighted by Gasteiger charge is -2.32. The first-order valence-corrected chi connectivity index (χ1v) is 7.71. The molecule has 2 fully saturated rings. The summed E-state index contributed by atoms with van der Waals surface area (Å²) >= 11 is 0. The van der Waals surface area contributed by atoms with Crippen molar-refractivity contribution in [2.45, 2.75) is 25.7 Å². The van der Waals surface area contributed by atoms with Crippen LogP contribution in [0.4, 0.5) is 0 Å². The first kappa shape index (κ1) is 14.0. The Morgan fingerprint density at radius 2 is 1.81 bits per heavy atom. The minimum atomic E-state index is 0.0814. The number of pyridine rings is 1. The molecule has 3 rings (SSSR count). The van der Waals surface area contributed by atoms with Gasteiger partial charge in [-0.25, -0.2) is 0 Å². The molecule has 0 bridgehead atoms. The topological polar surface area (TPSA) is 62.3 Å². The molecule has 0 spiro atoms. The molecule has 1 N–H and O–H groups in total. The van der Waals surface area contributed by atoms with Gasteiger partial charge in [-0.3, -0.25) is 14.6 Å². The molecule has 0 unspecified atom stereocenters. The van der Waals surface area contributed by atoms with Crippen molar-refractivity contribution in [3.05, 3.63) is 30.1 Å². The van der Waals surface area contributed by atoms with Gasteiger partial charge in [0.25, 0.3) is 5.91 Å². The van der Waals surface area contributed by atoms with Gasteiger partial charge in [0.2, 0.25) is 5.91 Å². The highest BCUT2D eigenvalue weighted by Gasteiger charge is 2.30. The van der Waals surface area contributed by atoms with Crippen LogP contribution in [0, 0.1) is 11.8 Å². The van der Waals surface area contributed by atoms with Crippen LogP contribution in [-0.4, -0.2) is 41.3 Å². The maximum atomic E-state index is 12.3. The van der Waals surface area contributed by atoms with Gasteiger partial charge in [0.05, 0.1) is 0 Å². The van der Waals surface area contributed by atoms with Crippen LogP contribution < -0.4 is 5.32 Å². The zero-order valence-electron chi connectivity index (χ0n) is 12.1. The van der Waals surface area contributed by atoms with E-state index in [0.29, 0.717) is 11.5 Å². The number of piperidine rings is 1. The summed E-state index contributed by atoms with van der Waals surface area (Å²) in [7, 11) is 0. The van der Waals surface area contributed by atoms with E-state index >= 15 is 0 Å². The highest BCUT2D eigenvalue weighted by atomic mass is 16.2. The maximum absolute atomic E-state index is 12.3. The maximum Gasteiger partial charge on any atom is 0.253 e. The Morgan fingerprint density at radius 3 is 2.43 bits per heavy atom. The summed E-state index contributed by atoms with van der Waals surface area (Å²) in [6.45, 7) is 2.29. The van der Waals surface area contributed by atoms with E-state index in [1.165, 1.54) is 0 Å². The Bertz CT molecular complexity index is 506. The molecule has 0 aromatic carbocycles. The largest absolute Gasteiger partial charge is 0.356 e. The van der Waals surface area contributed by atoms with Gasteiger partial charge in [-0.1, -0.05) is 0 Å². The van der Waals surface area contributed by atoms with E-state index in [0.717, 1.165) is 45.3 Å². The lowest BCUT2D eigenvalue weighted by atomic mass is 9.96. The first-order chi connectivity index (χ1) is 10.2. The van der Waals surface area contributed by atoms with Crippen molar-refractivity contribution in [3.63, 3.8) is 0 Å². The fourth-order valence-corrected chi connectivity index (χ4v) is 2.75. The van der Waals surface area contributed by atoms with Gasteiger partial charge >= 0.3 is 0 Å². The highest BCUT2D eigenvalue weighted by Crippen LogP contribution is 2.29. The number of likely N-dealkylation sites (tertiary alicyclic amines) is 1. The van der Waals surface area contributed by atoms with Crippen LogP contribution in [0.2, 0.25) is 0 Å². The minimum absolute atomic E-state index is 0.0814. The van der Waals surface area contributed by atoms with Crippen LogP contribution in [0.5, 0.6) is 0 Å². The molecule has 112 valence electrons. The third-order valence-corrected chi connectivity index (χ3v) is 4.34. The van der Waals surface area contributed by atoms with E-state index in [-0.39, 0.29) is 17.7 Å². The summed E-state index contributed by atoms with van der Waals surface area (Å²) in [6.07, 6.45) is 7.31. The van der Waals surface area contributed by atoms with E-state index in [9.17, 15) is 9.59 Å². The second-order valence-electron chi connectivity index (χ2n) is 5.99. The summed E-state index contributed by atoms with van der Waals surface area (Å²) in [6, 6.07) is 3.51. The van der Waals surface area contributed by atoms with Crippen LogP contribution in [0.1, 0.15) is 36.0 Å². The zero-order valence-corrected chi connectivity index (χ0v) is 12.1. The normalized spacial score (nSPS) is 19.3. The zero-order chi connectivity index (χ0) is 14.7. The summed E-state index contributed by atoms with van der Waals surface area (Å²) < 4.78 is 0. The Hall–Kier alpha value is -1.91. The summed E-state index contributed by atoms with van der Waals surface area (Å²) in [5.74, 6) is 1.07. The summed E-state index contributed by atoms with van der Waals surface area (Å²) in [5.41, 5.74) is 0.700. The molecule has 1 aromatic rings. The molecule has 1 saturated heterocycles. The van der Waals surface area contributed by atoms with Crippen LogP contribution in [0.3, 0.4) is 0 Å². The number of nitrogens with one attached hydrogen (secondary N) is 1. The molecular weight excluding hydrogens is 266 g/mol. The minimum Gasteiger partial charge on any atom is -0.356 e. The molecule has 0 atom stereocenters. The average Bonchev–Trinajstić information content (AvgIpc) is 3.38. The monoisotopic (exact) mass is 287 g/mol. The molecule has 5 nitrogen and oxygen atoms in total. The molecular formula is C16H21N3O2. The highest BCUT2D eigenvalue weighted by molar-refractivity contribution is 5.94. The number of hydrogen-bond acceptors (Lipinski definition) is 3. The Balaban J connectivity index is 1.44. The van der Waals surface area contributed by atoms with Crippen molar-refractivity contribution in [1.29, 1.82) is 0 Å². The van der Waals surface area contributed by atoms with Gasteiger partial charge in [-0.15, -0.1) is 0 Å². The van der Waals surface area contributed by atoms with Gasteiger partial charge < -0.3 is 10.2 Å². The van der Waals surface area contributed by atoms with Crippen LogP contribution in [0.25, 0.3) is 0 Å². The van der Waals surface area contributed by atoms with E-state index in [2.05, 4.69) is 10.3 Å². The van der Waals surface area contributed by atoms with Crippen LogP contribution >= 0.6 is 0 Å². The molecule has 2 amide bonds. The van der Waals surface area contributed by atoms with Gasteiger partial charge in [0, 0.05) is 43.5 Å². The second-order valence-corrected chi connectivity index (χ2v) is 5.99. The van der Waals surface area contributed by atoms with Gasteiger partial charge in [0.15, 0.2) is 0 Å². The Morgan fingerprint density at radius 1 is 1.14 bits per heavy atom. The van der Waals surface area contributed by atoms with E-state index < -0.39 is 0 Å². The fourth-order valence-electron chi connectivity index (χ4n) is 2.75.